The lowest BCUT2D eigenvalue weighted by Gasteiger charge is -2.09. The Labute approximate surface area is 198 Å². The van der Waals surface area contributed by atoms with Crippen LogP contribution in [0.3, 0.4) is 0 Å². The largest absolute Gasteiger partial charge is 0.433 e. The van der Waals surface area contributed by atoms with Gasteiger partial charge in [0.15, 0.2) is 0 Å². The number of hydrogen-bond acceptors (Lipinski definition) is 7. The molecule has 2 heterocycles. The average Bonchev–Trinajstić information content (AvgIpc) is 2.84. The highest BCUT2D eigenvalue weighted by molar-refractivity contribution is 7.89. The van der Waals surface area contributed by atoms with Crippen LogP contribution in [0, 0.1) is 0 Å². The first kappa shape index (κ1) is 25.5. The van der Waals surface area contributed by atoms with Crippen molar-refractivity contribution in [2.45, 2.75) is 11.1 Å². The molecule has 1 aromatic carbocycles. The second-order valence-corrected chi connectivity index (χ2v) is 8.81. The van der Waals surface area contributed by atoms with Crippen LogP contribution in [0.15, 0.2) is 83.1 Å². The summed E-state index contributed by atoms with van der Waals surface area (Å²) in [6.07, 6.45) is -0.278. The molecule has 0 atom stereocenters. The molecule has 2 aromatic heterocycles. The Kier molecular flexibility index (Phi) is 7.62. The second-order valence-electron chi connectivity index (χ2n) is 6.93. The number of nitrogens with one attached hydrogen (secondary N) is 2. The number of aromatic nitrogens is 2. The van der Waals surface area contributed by atoms with Gasteiger partial charge in [0.05, 0.1) is 16.8 Å². The first-order valence-electron chi connectivity index (χ1n) is 9.84. The molecule has 0 aliphatic rings. The molecule has 0 aliphatic carbocycles. The predicted octanol–water partition coefficient (Wildman–Crippen LogP) is 3.27. The van der Waals surface area contributed by atoms with Crippen molar-refractivity contribution in [1.29, 1.82) is 0 Å². The number of hydrogen-bond donors (Lipinski definition) is 3. The SMILES string of the molecule is CNS(=O)(=O)c1cccc(C(=O)Nc2ccc(N=C(C=C(N)c3cccnc3)C(F)(F)F)cn2)c1. The number of pyridine rings is 2. The van der Waals surface area contributed by atoms with Gasteiger partial charge in [0.1, 0.15) is 11.5 Å². The van der Waals surface area contributed by atoms with E-state index in [1.807, 2.05) is 0 Å². The van der Waals surface area contributed by atoms with Gasteiger partial charge in [-0.25, -0.2) is 23.1 Å². The van der Waals surface area contributed by atoms with Gasteiger partial charge in [-0.05, 0) is 55.6 Å². The molecule has 1 amide bonds. The van der Waals surface area contributed by atoms with E-state index in [-0.39, 0.29) is 27.7 Å². The van der Waals surface area contributed by atoms with Gasteiger partial charge in [-0.2, -0.15) is 13.2 Å². The van der Waals surface area contributed by atoms with Crippen LogP contribution in [0.5, 0.6) is 0 Å². The minimum atomic E-state index is -4.79. The molecule has 0 unspecified atom stereocenters. The van der Waals surface area contributed by atoms with Gasteiger partial charge < -0.3 is 11.1 Å². The van der Waals surface area contributed by atoms with Crippen molar-refractivity contribution >= 4 is 38.8 Å². The third-order valence-electron chi connectivity index (χ3n) is 4.49. The summed E-state index contributed by atoms with van der Waals surface area (Å²) in [4.78, 5) is 23.7. The van der Waals surface area contributed by atoms with Gasteiger partial charge in [-0.15, -0.1) is 0 Å². The highest BCUT2D eigenvalue weighted by Gasteiger charge is 2.34. The molecule has 0 aliphatic heterocycles. The highest BCUT2D eigenvalue weighted by atomic mass is 32.2. The van der Waals surface area contributed by atoms with Gasteiger partial charge in [-0.3, -0.25) is 9.78 Å². The zero-order valence-corrected chi connectivity index (χ0v) is 18.9. The molecule has 13 heteroatoms. The number of alkyl halides is 3. The van der Waals surface area contributed by atoms with E-state index in [1.54, 1.807) is 0 Å². The number of rotatable bonds is 7. The van der Waals surface area contributed by atoms with Crippen molar-refractivity contribution in [2.75, 3.05) is 12.4 Å². The van der Waals surface area contributed by atoms with Gasteiger partial charge in [0.25, 0.3) is 5.91 Å². The summed E-state index contributed by atoms with van der Waals surface area (Å²) in [6.45, 7) is 0. The van der Waals surface area contributed by atoms with Crippen molar-refractivity contribution in [3.63, 3.8) is 0 Å². The molecule has 4 N–H and O–H groups in total. The van der Waals surface area contributed by atoms with E-state index < -0.39 is 27.8 Å². The quantitative estimate of drug-likeness (QED) is 0.422. The third-order valence-corrected chi connectivity index (χ3v) is 5.90. The van der Waals surface area contributed by atoms with Gasteiger partial charge >= 0.3 is 6.18 Å². The van der Waals surface area contributed by atoms with Crippen molar-refractivity contribution in [2.24, 2.45) is 10.7 Å². The van der Waals surface area contributed by atoms with E-state index in [4.69, 9.17) is 5.73 Å². The second kappa shape index (κ2) is 10.4. The van der Waals surface area contributed by atoms with Crippen LogP contribution in [0.1, 0.15) is 15.9 Å². The Bertz CT molecular complexity index is 1370. The summed E-state index contributed by atoms with van der Waals surface area (Å²) in [7, 11) is -2.51. The number of amides is 1. The molecule has 0 fully saturated rings. The molecule has 182 valence electrons. The van der Waals surface area contributed by atoms with Crippen LogP contribution in [-0.2, 0) is 10.0 Å². The molecule has 9 nitrogen and oxygen atoms in total. The van der Waals surface area contributed by atoms with Crippen molar-refractivity contribution < 1.29 is 26.4 Å². The van der Waals surface area contributed by atoms with E-state index in [0.29, 0.717) is 11.6 Å². The topological polar surface area (TPSA) is 139 Å². The molecule has 3 rings (SSSR count). The fourth-order valence-electron chi connectivity index (χ4n) is 2.72. The minimum absolute atomic E-state index is 0.0230. The summed E-state index contributed by atoms with van der Waals surface area (Å²) in [6, 6.07) is 10.8. The lowest BCUT2D eigenvalue weighted by Crippen LogP contribution is -2.22. The van der Waals surface area contributed by atoms with Crippen LogP contribution in [-0.4, -0.2) is 43.2 Å². The Morgan fingerprint density at radius 3 is 2.43 bits per heavy atom. The van der Waals surface area contributed by atoms with E-state index in [0.717, 1.165) is 6.20 Å². The summed E-state index contributed by atoms with van der Waals surface area (Å²) in [5.74, 6) is -0.639. The van der Waals surface area contributed by atoms with Gasteiger partial charge in [0, 0.05) is 29.2 Å². The third kappa shape index (κ3) is 6.71. The number of benzene rings is 1. The number of nitrogens with zero attached hydrogens (tertiary/aromatic N) is 3. The number of halogens is 3. The maximum absolute atomic E-state index is 13.5. The van der Waals surface area contributed by atoms with Crippen LogP contribution >= 0.6 is 0 Å². The zero-order chi connectivity index (χ0) is 25.6. The van der Waals surface area contributed by atoms with Crippen molar-refractivity contribution in [3.8, 4) is 0 Å². The minimum Gasteiger partial charge on any atom is -0.398 e. The average molecular weight is 504 g/mol. The predicted molar refractivity (Wildman–Crippen MR) is 124 cm³/mol. The molecule has 0 saturated carbocycles. The van der Waals surface area contributed by atoms with Crippen LogP contribution in [0.4, 0.5) is 24.7 Å². The molecule has 0 radical (unpaired) electrons. The zero-order valence-electron chi connectivity index (χ0n) is 18.1. The molecule has 0 bridgehead atoms. The molecule has 3 aromatic rings. The molecule has 0 saturated heterocycles. The maximum atomic E-state index is 13.5. The normalized spacial score (nSPS) is 12.9. The number of sulfonamides is 1. The van der Waals surface area contributed by atoms with E-state index in [1.165, 1.54) is 68.0 Å². The molecule has 0 spiro atoms. The number of aliphatic imine (C=N–C) groups is 1. The summed E-state index contributed by atoms with van der Waals surface area (Å²) in [5.41, 5.74) is 4.55. The number of carbonyl (C=O) groups is 1. The van der Waals surface area contributed by atoms with E-state index >= 15 is 0 Å². The molecule has 35 heavy (non-hydrogen) atoms. The summed E-state index contributed by atoms with van der Waals surface area (Å²) < 4.78 is 66.5. The highest BCUT2D eigenvalue weighted by Crippen LogP contribution is 2.24. The number of carbonyl (C=O) groups excluding carboxylic acids is 1. The van der Waals surface area contributed by atoms with Crippen molar-refractivity contribution in [3.05, 3.63) is 84.3 Å². The van der Waals surface area contributed by atoms with Crippen LogP contribution < -0.4 is 15.8 Å². The van der Waals surface area contributed by atoms with Gasteiger partial charge in [0.2, 0.25) is 10.0 Å². The fraction of sp³-hybridized carbons (Fsp3) is 0.0909. The number of anilines is 1. The maximum Gasteiger partial charge on any atom is 0.433 e. The Balaban J connectivity index is 1.81. The van der Waals surface area contributed by atoms with E-state index in [9.17, 15) is 26.4 Å². The molecular weight excluding hydrogens is 485 g/mol. The first-order valence-corrected chi connectivity index (χ1v) is 11.3. The summed E-state index contributed by atoms with van der Waals surface area (Å²) in [5, 5.41) is 2.44. The fourth-order valence-corrected chi connectivity index (χ4v) is 3.49. The molecular formula is C22H19F3N6O3S. The number of allylic oxidation sites excluding steroid dienone is 1. The van der Waals surface area contributed by atoms with Gasteiger partial charge in [-0.1, -0.05) is 6.07 Å². The van der Waals surface area contributed by atoms with E-state index in [2.05, 4.69) is 25.0 Å². The van der Waals surface area contributed by atoms with Crippen molar-refractivity contribution in [1.82, 2.24) is 14.7 Å². The summed E-state index contributed by atoms with van der Waals surface area (Å²) >= 11 is 0. The van der Waals surface area contributed by atoms with Crippen LogP contribution in [0.25, 0.3) is 5.70 Å². The van der Waals surface area contributed by atoms with Crippen LogP contribution in [0.2, 0.25) is 0 Å². The Morgan fingerprint density at radius 2 is 1.83 bits per heavy atom. The Hall–Kier alpha value is -4.10. The first-order chi connectivity index (χ1) is 16.5. The Morgan fingerprint density at radius 1 is 1.09 bits per heavy atom. The standard InChI is InChI=1S/C22H19F3N6O3S/c1-27-35(33,34)17-6-2-4-14(10-17)21(32)31-20-8-7-16(13-29-20)30-19(22(23,24)25)11-18(26)15-5-3-9-28-12-15/h2-13,27H,26H2,1H3,(H,29,31,32). The lowest BCUT2D eigenvalue weighted by molar-refractivity contribution is -0.0576. The lowest BCUT2D eigenvalue weighted by atomic mass is 10.1. The smallest absolute Gasteiger partial charge is 0.398 e. The monoisotopic (exact) mass is 504 g/mol. The number of nitrogens with two attached hydrogens (primary N) is 1.